The Morgan fingerprint density at radius 3 is 2.55 bits per heavy atom. The molecule has 1 aromatic carbocycles. The van der Waals surface area contributed by atoms with Crippen molar-refractivity contribution in [3.8, 4) is 17.8 Å². The number of carboxylic acid groups (broad SMARTS) is 1. The second-order valence-electron chi connectivity index (χ2n) is 3.66. The first-order chi connectivity index (χ1) is 9.38. The summed E-state index contributed by atoms with van der Waals surface area (Å²) in [6.07, 6.45) is 2.45. The second-order valence-corrected chi connectivity index (χ2v) is 4.42. The van der Waals surface area contributed by atoms with Crippen molar-refractivity contribution >= 4 is 35.0 Å². The molecule has 1 rings (SSSR count). The summed E-state index contributed by atoms with van der Waals surface area (Å²) in [5.41, 5.74) is 0.615. The van der Waals surface area contributed by atoms with Crippen LogP contribution in [0.4, 0.5) is 0 Å². The molecule has 4 nitrogen and oxygen atoms in total. The molecule has 6 heteroatoms. The Kier molecular flexibility index (Phi) is 5.63. The van der Waals surface area contributed by atoms with Gasteiger partial charge < -0.3 is 9.84 Å². The van der Waals surface area contributed by atoms with Crippen molar-refractivity contribution < 1.29 is 19.4 Å². The van der Waals surface area contributed by atoms with E-state index < -0.39 is 5.97 Å². The van der Waals surface area contributed by atoms with Gasteiger partial charge in [-0.05, 0) is 24.1 Å². The average molecular weight is 313 g/mol. The fourth-order valence-electron chi connectivity index (χ4n) is 1.26. The molecule has 1 aromatic rings. The van der Waals surface area contributed by atoms with E-state index in [1.807, 2.05) is 6.11 Å². The molecule has 0 aliphatic carbocycles. The number of aliphatic carboxylic acids is 1. The van der Waals surface area contributed by atoms with Crippen molar-refractivity contribution in [3.63, 3.8) is 0 Å². The van der Waals surface area contributed by atoms with Gasteiger partial charge in [-0.25, -0.2) is 4.79 Å². The standard InChI is InChI=1S/C14H10Cl2O4/c1-3-8(2)14(19)9-4-5-10(13(16)12(9)15)20-7-6-11(17)18/h4-5H,2-3H2,1H3,(H,17,18). The van der Waals surface area contributed by atoms with Gasteiger partial charge >= 0.3 is 5.97 Å². The van der Waals surface area contributed by atoms with Gasteiger partial charge in [0.1, 0.15) is 11.1 Å². The molecule has 0 saturated heterocycles. The predicted octanol–water partition coefficient (Wildman–Crippen LogP) is 3.57. The van der Waals surface area contributed by atoms with Gasteiger partial charge in [0.05, 0.1) is 10.9 Å². The van der Waals surface area contributed by atoms with E-state index in [-0.39, 0.29) is 27.1 Å². The molecular formula is C14H10Cl2O4. The van der Waals surface area contributed by atoms with Gasteiger partial charge in [0, 0.05) is 5.56 Å². The SMILES string of the molecule is C=C(CC)C(=O)c1ccc(OC#CC(=O)O)c(Cl)c1Cl. The van der Waals surface area contributed by atoms with E-state index in [1.165, 1.54) is 12.1 Å². The number of rotatable bonds is 4. The number of halogens is 2. The highest BCUT2D eigenvalue weighted by molar-refractivity contribution is 6.45. The monoisotopic (exact) mass is 312 g/mol. The molecule has 20 heavy (non-hydrogen) atoms. The summed E-state index contributed by atoms with van der Waals surface area (Å²) in [4.78, 5) is 22.2. The Labute approximate surface area is 125 Å². The summed E-state index contributed by atoms with van der Waals surface area (Å²) in [5.74, 6) is 0.202. The lowest BCUT2D eigenvalue weighted by molar-refractivity contribution is -0.130. The Bertz CT molecular complexity index is 639. The van der Waals surface area contributed by atoms with E-state index in [2.05, 4.69) is 6.58 Å². The fourth-order valence-corrected chi connectivity index (χ4v) is 1.71. The van der Waals surface area contributed by atoms with E-state index in [0.717, 1.165) is 0 Å². The molecule has 0 atom stereocenters. The summed E-state index contributed by atoms with van der Waals surface area (Å²) >= 11 is 11.9. The molecule has 0 aliphatic heterocycles. The van der Waals surface area contributed by atoms with Crippen LogP contribution in [-0.2, 0) is 4.79 Å². The third-order valence-electron chi connectivity index (χ3n) is 2.36. The molecule has 0 amide bonds. The maximum absolute atomic E-state index is 12.0. The van der Waals surface area contributed by atoms with E-state index in [0.29, 0.717) is 12.0 Å². The summed E-state index contributed by atoms with van der Waals surface area (Å²) in [6.45, 7) is 5.44. The van der Waals surface area contributed by atoms with Crippen molar-refractivity contribution in [2.24, 2.45) is 0 Å². The molecule has 0 bridgehead atoms. The van der Waals surface area contributed by atoms with E-state index in [9.17, 15) is 9.59 Å². The van der Waals surface area contributed by atoms with Crippen LogP contribution < -0.4 is 4.74 Å². The van der Waals surface area contributed by atoms with Gasteiger partial charge in [0.2, 0.25) is 0 Å². The van der Waals surface area contributed by atoms with Gasteiger partial charge in [-0.3, -0.25) is 4.79 Å². The lowest BCUT2D eigenvalue weighted by Gasteiger charge is -2.08. The van der Waals surface area contributed by atoms with Crippen molar-refractivity contribution in [1.82, 2.24) is 0 Å². The molecule has 0 unspecified atom stereocenters. The summed E-state index contributed by atoms with van der Waals surface area (Å²) < 4.78 is 4.86. The van der Waals surface area contributed by atoms with Crippen molar-refractivity contribution in [1.29, 1.82) is 0 Å². The van der Waals surface area contributed by atoms with Crippen LogP contribution in [0.5, 0.6) is 5.75 Å². The van der Waals surface area contributed by atoms with Gasteiger partial charge in [0.25, 0.3) is 0 Å². The zero-order chi connectivity index (χ0) is 15.3. The van der Waals surface area contributed by atoms with Crippen LogP contribution in [0.2, 0.25) is 10.0 Å². The highest BCUT2D eigenvalue weighted by atomic mass is 35.5. The topological polar surface area (TPSA) is 63.6 Å². The number of allylic oxidation sites excluding steroid dienone is 1. The first kappa shape index (κ1) is 16.1. The molecule has 0 aromatic heterocycles. The van der Waals surface area contributed by atoms with E-state index in [1.54, 1.807) is 12.8 Å². The maximum Gasteiger partial charge on any atom is 0.385 e. The number of benzene rings is 1. The number of hydrogen-bond donors (Lipinski definition) is 1. The zero-order valence-electron chi connectivity index (χ0n) is 10.5. The Morgan fingerprint density at radius 2 is 2.00 bits per heavy atom. The lowest BCUT2D eigenvalue weighted by Crippen LogP contribution is -2.03. The number of ether oxygens (including phenoxy) is 1. The fraction of sp³-hybridized carbons (Fsp3) is 0.143. The van der Waals surface area contributed by atoms with Crippen LogP contribution in [0.25, 0.3) is 0 Å². The van der Waals surface area contributed by atoms with Crippen LogP contribution in [-0.4, -0.2) is 16.9 Å². The maximum atomic E-state index is 12.0. The molecule has 104 valence electrons. The molecule has 0 saturated carbocycles. The Hall–Kier alpha value is -1.96. The highest BCUT2D eigenvalue weighted by Gasteiger charge is 2.17. The quantitative estimate of drug-likeness (QED) is 0.524. The number of Topliss-reactive ketones (excluding diaryl/α,β-unsaturated/α-hetero) is 1. The second kappa shape index (κ2) is 6.99. The van der Waals surface area contributed by atoms with Gasteiger partial charge in [0.15, 0.2) is 11.5 Å². The van der Waals surface area contributed by atoms with Crippen LogP contribution >= 0.6 is 23.2 Å². The van der Waals surface area contributed by atoms with Gasteiger partial charge in [-0.2, -0.15) is 0 Å². The van der Waals surface area contributed by atoms with Gasteiger partial charge in [-0.15, -0.1) is 0 Å². The average Bonchev–Trinajstić information content (AvgIpc) is 2.41. The molecule has 1 N–H and O–H groups in total. The molecule has 0 radical (unpaired) electrons. The number of ketones is 1. The number of carboxylic acids is 1. The molecule has 0 heterocycles. The molecular weight excluding hydrogens is 303 g/mol. The first-order valence-electron chi connectivity index (χ1n) is 5.49. The van der Waals surface area contributed by atoms with Crippen LogP contribution in [0.3, 0.4) is 0 Å². The predicted molar refractivity (Wildman–Crippen MR) is 76.3 cm³/mol. The Morgan fingerprint density at radius 1 is 1.35 bits per heavy atom. The number of carbonyl (C=O) groups is 2. The van der Waals surface area contributed by atoms with Crippen molar-refractivity contribution in [3.05, 3.63) is 39.9 Å². The first-order valence-corrected chi connectivity index (χ1v) is 6.25. The minimum atomic E-state index is -1.33. The summed E-state index contributed by atoms with van der Waals surface area (Å²) in [6, 6.07) is 2.82. The number of hydrogen-bond acceptors (Lipinski definition) is 3. The van der Waals surface area contributed by atoms with Crippen molar-refractivity contribution in [2.75, 3.05) is 0 Å². The molecule has 0 fully saturated rings. The van der Waals surface area contributed by atoms with Crippen molar-refractivity contribution in [2.45, 2.75) is 13.3 Å². The third kappa shape index (κ3) is 3.77. The minimum Gasteiger partial charge on any atom is -0.472 e. The minimum absolute atomic E-state index is 0.0129. The van der Waals surface area contributed by atoms with Crippen LogP contribution in [0, 0.1) is 12.0 Å². The zero-order valence-corrected chi connectivity index (χ0v) is 12.0. The summed E-state index contributed by atoms with van der Waals surface area (Å²) in [7, 11) is 0. The normalized spacial score (nSPS) is 9.35. The van der Waals surface area contributed by atoms with Crippen LogP contribution in [0.1, 0.15) is 23.7 Å². The largest absolute Gasteiger partial charge is 0.472 e. The molecule has 0 spiro atoms. The lowest BCUT2D eigenvalue weighted by atomic mass is 10.0. The van der Waals surface area contributed by atoms with Crippen LogP contribution in [0.15, 0.2) is 24.3 Å². The molecule has 0 aliphatic rings. The smallest absolute Gasteiger partial charge is 0.385 e. The van der Waals surface area contributed by atoms with E-state index >= 15 is 0 Å². The summed E-state index contributed by atoms with van der Waals surface area (Å²) in [5, 5.41) is 8.36. The highest BCUT2D eigenvalue weighted by Crippen LogP contribution is 2.35. The van der Waals surface area contributed by atoms with E-state index in [4.69, 9.17) is 33.0 Å². The third-order valence-corrected chi connectivity index (χ3v) is 3.22. The Balaban J connectivity index is 3.11. The van der Waals surface area contributed by atoms with Gasteiger partial charge in [-0.1, -0.05) is 36.7 Å². The number of carbonyl (C=O) groups excluding carboxylic acids is 1.